The van der Waals surface area contributed by atoms with Crippen LogP contribution < -0.4 is 10.1 Å². The van der Waals surface area contributed by atoms with Crippen LogP contribution in [0.4, 0.5) is 0 Å². The van der Waals surface area contributed by atoms with Crippen molar-refractivity contribution >= 4 is 5.91 Å². The van der Waals surface area contributed by atoms with Gasteiger partial charge in [0.15, 0.2) is 0 Å². The molecule has 0 saturated carbocycles. The average Bonchev–Trinajstić information content (AvgIpc) is 3.17. The number of carbonyl (C=O) groups excluding carboxylic acids is 1. The van der Waals surface area contributed by atoms with E-state index in [1.807, 2.05) is 49.4 Å². The van der Waals surface area contributed by atoms with Crippen molar-refractivity contribution in [1.29, 1.82) is 0 Å². The average molecular weight is 363 g/mol. The van der Waals surface area contributed by atoms with Gasteiger partial charge < -0.3 is 10.1 Å². The molecule has 0 radical (unpaired) electrons. The number of ether oxygens (including phenoxy) is 1. The first-order valence-electron chi connectivity index (χ1n) is 9.28. The highest BCUT2D eigenvalue weighted by molar-refractivity contribution is 5.93. The Morgan fingerprint density at radius 1 is 1.15 bits per heavy atom. The van der Waals surface area contributed by atoms with E-state index in [1.54, 1.807) is 6.07 Å². The summed E-state index contributed by atoms with van der Waals surface area (Å²) in [6, 6.07) is 17.6. The van der Waals surface area contributed by atoms with E-state index in [0.717, 1.165) is 42.0 Å². The first-order chi connectivity index (χ1) is 13.2. The lowest BCUT2D eigenvalue weighted by atomic mass is 10.1. The lowest BCUT2D eigenvalue weighted by molar-refractivity contribution is 0.0946. The Hall–Kier alpha value is -3.08. The molecule has 0 aliphatic heterocycles. The summed E-state index contributed by atoms with van der Waals surface area (Å²) in [7, 11) is 0. The number of H-pyrrole nitrogens is 1. The molecule has 0 spiro atoms. The number of carbonyl (C=O) groups is 1. The van der Waals surface area contributed by atoms with Gasteiger partial charge in [-0.15, -0.1) is 0 Å². The topological polar surface area (TPSA) is 67.0 Å². The third kappa shape index (κ3) is 5.20. The molecule has 3 aromatic rings. The molecule has 0 bridgehead atoms. The van der Waals surface area contributed by atoms with Crippen LogP contribution in [0.1, 0.15) is 41.4 Å². The van der Waals surface area contributed by atoms with Crippen molar-refractivity contribution in [2.45, 2.75) is 33.2 Å². The van der Waals surface area contributed by atoms with Crippen molar-refractivity contribution in [3.05, 3.63) is 71.4 Å². The predicted molar refractivity (Wildman–Crippen MR) is 107 cm³/mol. The Labute approximate surface area is 159 Å². The molecular weight excluding hydrogens is 338 g/mol. The quantitative estimate of drug-likeness (QED) is 0.579. The second-order valence-electron chi connectivity index (χ2n) is 6.56. The summed E-state index contributed by atoms with van der Waals surface area (Å²) in [5.41, 5.74) is 4.36. The van der Waals surface area contributed by atoms with Crippen molar-refractivity contribution in [2.75, 3.05) is 6.61 Å². The molecular formula is C22H25N3O2. The minimum Gasteiger partial charge on any atom is -0.494 e. The summed E-state index contributed by atoms with van der Waals surface area (Å²) in [5, 5.41) is 9.98. The SMILES string of the molecule is CCCCOc1ccc(-c2cc(C(=O)NCc3cccc(C)c3)[nH]n2)cc1. The molecule has 5 nitrogen and oxygen atoms in total. The van der Waals surface area contributed by atoms with Gasteiger partial charge in [-0.3, -0.25) is 9.89 Å². The highest BCUT2D eigenvalue weighted by Gasteiger charge is 2.11. The molecule has 0 aliphatic rings. The molecule has 0 atom stereocenters. The number of rotatable bonds is 8. The summed E-state index contributed by atoms with van der Waals surface area (Å²) in [5.74, 6) is 0.675. The predicted octanol–water partition coefficient (Wildman–Crippen LogP) is 4.49. The fourth-order valence-electron chi connectivity index (χ4n) is 2.74. The zero-order chi connectivity index (χ0) is 19.1. The minimum atomic E-state index is -0.172. The van der Waals surface area contributed by atoms with Crippen molar-refractivity contribution in [3.8, 4) is 17.0 Å². The maximum Gasteiger partial charge on any atom is 0.269 e. The molecule has 3 rings (SSSR count). The Bertz CT molecular complexity index is 885. The standard InChI is InChI=1S/C22H25N3O2/c1-3-4-12-27-19-10-8-18(9-11-19)20-14-21(25-24-20)22(26)23-15-17-7-5-6-16(2)13-17/h5-11,13-14H,3-4,12,15H2,1-2H3,(H,23,26)(H,24,25). The van der Waals surface area contributed by atoms with Gasteiger partial charge in [0.1, 0.15) is 11.4 Å². The number of aromatic amines is 1. The van der Waals surface area contributed by atoms with Crippen LogP contribution in [0.25, 0.3) is 11.3 Å². The smallest absolute Gasteiger partial charge is 0.269 e. The third-order valence-electron chi connectivity index (χ3n) is 4.27. The van der Waals surface area contributed by atoms with Gasteiger partial charge in [-0.1, -0.05) is 43.2 Å². The summed E-state index contributed by atoms with van der Waals surface area (Å²) < 4.78 is 5.67. The van der Waals surface area contributed by atoms with Crippen LogP contribution in [0.3, 0.4) is 0 Å². The zero-order valence-corrected chi connectivity index (χ0v) is 15.8. The summed E-state index contributed by atoms with van der Waals surface area (Å²) >= 11 is 0. The van der Waals surface area contributed by atoms with Gasteiger partial charge in [-0.2, -0.15) is 5.10 Å². The maximum absolute atomic E-state index is 12.3. The van der Waals surface area contributed by atoms with Gasteiger partial charge in [0.2, 0.25) is 0 Å². The monoisotopic (exact) mass is 363 g/mol. The summed E-state index contributed by atoms with van der Waals surface area (Å²) in [6.45, 7) is 5.38. The molecule has 0 fully saturated rings. The molecule has 1 aromatic heterocycles. The molecule has 0 aliphatic carbocycles. The molecule has 140 valence electrons. The van der Waals surface area contributed by atoms with Gasteiger partial charge in [-0.25, -0.2) is 0 Å². The van der Waals surface area contributed by atoms with E-state index in [-0.39, 0.29) is 5.91 Å². The number of nitrogens with one attached hydrogen (secondary N) is 2. The lowest BCUT2D eigenvalue weighted by Crippen LogP contribution is -2.23. The van der Waals surface area contributed by atoms with Crippen LogP contribution in [-0.2, 0) is 6.54 Å². The summed E-state index contributed by atoms with van der Waals surface area (Å²) in [6.07, 6.45) is 2.15. The van der Waals surface area contributed by atoms with E-state index in [4.69, 9.17) is 4.74 Å². The number of aromatic nitrogens is 2. The van der Waals surface area contributed by atoms with Crippen LogP contribution in [-0.4, -0.2) is 22.7 Å². The molecule has 1 heterocycles. The fraction of sp³-hybridized carbons (Fsp3) is 0.273. The second-order valence-corrected chi connectivity index (χ2v) is 6.56. The molecule has 2 aromatic carbocycles. The molecule has 1 amide bonds. The van der Waals surface area contributed by atoms with Crippen LogP contribution in [0, 0.1) is 6.92 Å². The van der Waals surface area contributed by atoms with E-state index in [9.17, 15) is 4.79 Å². The van der Waals surface area contributed by atoms with E-state index in [0.29, 0.717) is 12.2 Å². The van der Waals surface area contributed by atoms with Crippen LogP contribution >= 0.6 is 0 Å². The third-order valence-corrected chi connectivity index (χ3v) is 4.27. The fourth-order valence-corrected chi connectivity index (χ4v) is 2.74. The van der Waals surface area contributed by atoms with Crippen molar-refractivity contribution in [1.82, 2.24) is 15.5 Å². The lowest BCUT2D eigenvalue weighted by Gasteiger charge is -2.05. The number of unbranched alkanes of at least 4 members (excludes halogenated alkanes) is 1. The van der Waals surface area contributed by atoms with Gasteiger partial charge in [0, 0.05) is 12.1 Å². The summed E-state index contributed by atoms with van der Waals surface area (Å²) in [4.78, 5) is 12.3. The number of amides is 1. The van der Waals surface area contributed by atoms with E-state index < -0.39 is 0 Å². The maximum atomic E-state index is 12.3. The first kappa shape index (κ1) is 18.7. The number of aryl methyl sites for hydroxylation is 1. The Morgan fingerprint density at radius 3 is 2.70 bits per heavy atom. The van der Waals surface area contributed by atoms with Crippen molar-refractivity contribution in [2.24, 2.45) is 0 Å². The van der Waals surface area contributed by atoms with Crippen LogP contribution in [0.15, 0.2) is 54.6 Å². The van der Waals surface area contributed by atoms with Crippen LogP contribution in [0.2, 0.25) is 0 Å². The van der Waals surface area contributed by atoms with Crippen molar-refractivity contribution < 1.29 is 9.53 Å². The van der Waals surface area contributed by atoms with E-state index >= 15 is 0 Å². The zero-order valence-electron chi connectivity index (χ0n) is 15.8. The Morgan fingerprint density at radius 2 is 1.96 bits per heavy atom. The molecule has 0 saturated heterocycles. The minimum absolute atomic E-state index is 0.172. The highest BCUT2D eigenvalue weighted by atomic mass is 16.5. The molecule has 2 N–H and O–H groups in total. The van der Waals surface area contributed by atoms with E-state index in [1.165, 1.54) is 5.56 Å². The van der Waals surface area contributed by atoms with Gasteiger partial charge in [0.05, 0.1) is 12.3 Å². The molecule has 5 heteroatoms. The highest BCUT2D eigenvalue weighted by Crippen LogP contribution is 2.21. The number of benzene rings is 2. The number of nitrogens with zero attached hydrogens (tertiary/aromatic N) is 1. The molecule has 27 heavy (non-hydrogen) atoms. The number of hydrogen-bond acceptors (Lipinski definition) is 3. The molecule has 0 unspecified atom stereocenters. The van der Waals surface area contributed by atoms with Gasteiger partial charge >= 0.3 is 0 Å². The number of hydrogen-bond donors (Lipinski definition) is 2. The largest absolute Gasteiger partial charge is 0.494 e. The first-order valence-corrected chi connectivity index (χ1v) is 9.28. The van der Waals surface area contributed by atoms with Crippen molar-refractivity contribution in [3.63, 3.8) is 0 Å². The Balaban J connectivity index is 1.59. The van der Waals surface area contributed by atoms with Gasteiger partial charge in [0.25, 0.3) is 5.91 Å². The van der Waals surface area contributed by atoms with Crippen LogP contribution in [0.5, 0.6) is 5.75 Å². The Kier molecular flexibility index (Phi) is 6.26. The normalized spacial score (nSPS) is 10.6. The van der Waals surface area contributed by atoms with E-state index in [2.05, 4.69) is 28.5 Å². The van der Waals surface area contributed by atoms with Gasteiger partial charge in [-0.05, 0) is 49.2 Å². The second kappa shape index (κ2) is 9.03.